The summed E-state index contributed by atoms with van der Waals surface area (Å²) in [6.07, 6.45) is 56.8. The number of carbonyl (C=O) groups is 1. The number of carbonyl (C=O) groups excluding carboxylic acids is 1. The van der Waals surface area contributed by atoms with Crippen LogP contribution in [-0.4, -0.2) is 97.5 Å². The molecule has 1 heterocycles. The molecule has 1 saturated heterocycles. The van der Waals surface area contributed by atoms with Crippen LogP contribution in [0.3, 0.4) is 0 Å². The van der Waals surface area contributed by atoms with Crippen LogP contribution in [0.2, 0.25) is 0 Å². The van der Waals surface area contributed by atoms with Crippen molar-refractivity contribution in [3.05, 3.63) is 109 Å². The normalized spacial score (nSPS) is 20.0. The summed E-state index contributed by atoms with van der Waals surface area (Å²) in [7, 11) is -5.08. The fourth-order valence-electron chi connectivity index (χ4n) is 7.39. The largest absolute Gasteiger partial charge is 0.457 e. The Bertz CT molecular complexity index is 1630. The molecule has 0 spiro atoms. The molecule has 1 rings (SSSR count). The third kappa shape index (κ3) is 39.4. The van der Waals surface area contributed by atoms with E-state index in [1.165, 1.54) is 57.8 Å². The van der Waals surface area contributed by atoms with Gasteiger partial charge in [0.15, 0.2) is 6.29 Å². The van der Waals surface area contributed by atoms with Gasteiger partial charge < -0.3 is 34.3 Å². The zero-order chi connectivity index (χ0) is 51.0. The van der Waals surface area contributed by atoms with Gasteiger partial charge in [0, 0.05) is 13.0 Å². The van der Waals surface area contributed by atoms with Crippen LogP contribution in [0.25, 0.3) is 0 Å². The predicted octanol–water partition coefficient (Wildman–Crippen LogP) is 12.7. The van der Waals surface area contributed by atoms with Crippen molar-refractivity contribution in [3.8, 4) is 0 Å². The van der Waals surface area contributed by atoms with Crippen LogP contribution in [-0.2, 0) is 38.3 Å². The number of unbranched alkanes of at least 4 members (excludes halogenated alkanes) is 14. The molecular formula is C57H94O12S. The van der Waals surface area contributed by atoms with E-state index in [0.717, 1.165) is 96.3 Å². The van der Waals surface area contributed by atoms with Gasteiger partial charge in [-0.25, -0.2) is 4.18 Å². The van der Waals surface area contributed by atoms with Gasteiger partial charge in [0.25, 0.3) is 0 Å². The maximum absolute atomic E-state index is 12.9. The maximum atomic E-state index is 12.9. The van der Waals surface area contributed by atoms with Gasteiger partial charge in [-0.3, -0.25) is 9.35 Å². The van der Waals surface area contributed by atoms with Crippen molar-refractivity contribution in [2.24, 2.45) is 0 Å². The van der Waals surface area contributed by atoms with Gasteiger partial charge in [0.05, 0.1) is 19.8 Å². The Balaban J connectivity index is 2.40. The second-order valence-electron chi connectivity index (χ2n) is 17.7. The molecule has 0 radical (unpaired) electrons. The molecule has 0 aromatic heterocycles. The van der Waals surface area contributed by atoms with E-state index in [0.29, 0.717) is 13.0 Å². The molecule has 1 aliphatic heterocycles. The first kappa shape index (κ1) is 64.8. The summed E-state index contributed by atoms with van der Waals surface area (Å²) in [5.41, 5.74) is 0. The van der Waals surface area contributed by atoms with Gasteiger partial charge in [-0.2, -0.15) is 8.42 Å². The van der Waals surface area contributed by atoms with Crippen LogP contribution in [0, 0.1) is 0 Å². The number of rotatable bonds is 45. The summed E-state index contributed by atoms with van der Waals surface area (Å²) < 4.78 is 59.3. The van der Waals surface area contributed by atoms with Crippen molar-refractivity contribution in [2.45, 2.75) is 218 Å². The zero-order valence-electron chi connectivity index (χ0n) is 43.0. The quantitative estimate of drug-likeness (QED) is 0.0197. The smallest absolute Gasteiger partial charge is 0.397 e. The van der Waals surface area contributed by atoms with E-state index in [2.05, 4.69) is 127 Å². The third-order valence-corrected chi connectivity index (χ3v) is 11.8. The van der Waals surface area contributed by atoms with Gasteiger partial charge in [-0.05, 0) is 103 Å². The lowest BCUT2D eigenvalue weighted by atomic mass is 9.99. The van der Waals surface area contributed by atoms with Crippen LogP contribution in [0.4, 0.5) is 0 Å². The molecule has 0 bridgehead atoms. The average Bonchev–Trinajstić information content (AvgIpc) is 3.34. The first-order chi connectivity index (χ1) is 34.1. The zero-order valence-corrected chi connectivity index (χ0v) is 43.8. The molecular weight excluding hydrogens is 909 g/mol. The highest BCUT2D eigenvalue weighted by molar-refractivity contribution is 7.80. The van der Waals surface area contributed by atoms with Crippen LogP contribution >= 0.6 is 0 Å². The van der Waals surface area contributed by atoms with E-state index < -0.39 is 59.8 Å². The van der Waals surface area contributed by atoms with Crippen LogP contribution < -0.4 is 0 Å². The molecule has 0 aromatic carbocycles. The number of esters is 1. The van der Waals surface area contributed by atoms with Gasteiger partial charge >= 0.3 is 16.4 Å². The highest BCUT2D eigenvalue weighted by atomic mass is 32.3. The summed E-state index contributed by atoms with van der Waals surface area (Å²) in [4.78, 5) is 12.9. The van der Waals surface area contributed by atoms with Gasteiger partial charge in [-0.15, -0.1) is 0 Å². The molecule has 13 heteroatoms. The Morgan fingerprint density at radius 2 is 0.986 bits per heavy atom. The number of hydrogen-bond donors (Lipinski definition) is 4. The predicted molar refractivity (Wildman–Crippen MR) is 284 cm³/mol. The van der Waals surface area contributed by atoms with E-state index in [4.69, 9.17) is 18.9 Å². The third-order valence-electron chi connectivity index (χ3n) is 11.4. The minimum atomic E-state index is -5.08. The SMILES string of the molecule is CC/C=C\C/C=C\C/C=C\C/C=C\C/C=C\C/C=C\C/C=C\CCCCCC(=O)OC(COCCCCCCCCCC/C=C\C/C=C\CCCCC)COC1OC(CO)C(O)C(OS(=O)(=O)O)C1O. The lowest BCUT2D eigenvalue weighted by molar-refractivity contribution is -0.301. The summed E-state index contributed by atoms with van der Waals surface area (Å²) in [6.45, 7) is 3.79. The van der Waals surface area contributed by atoms with Crippen LogP contribution in [0.15, 0.2) is 109 Å². The van der Waals surface area contributed by atoms with E-state index in [1.807, 2.05) is 0 Å². The Hall–Kier alpha value is -3.24. The molecule has 0 aliphatic carbocycles. The molecule has 1 aliphatic rings. The Morgan fingerprint density at radius 3 is 1.44 bits per heavy atom. The van der Waals surface area contributed by atoms with Crippen molar-refractivity contribution in [1.82, 2.24) is 0 Å². The van der Waals surface area contributed by atoms with Crippen molar-refractivity contribution in [1.29, 1.82) is 0 Å². The van der Waals surface area contributed by atoms with Crippen molar-refractivity contribution >= 4 is 16.4 Å². The number of allylic oxidation sites excluding steroid dienone is 18. The second kappa shape index (κ2) is 46.8. The van der Waals surface area contributed by atoms with Gasteiger partial charge in [0.1, 0.15) is 30.5 Å². The molecule has 0 aromatic rings. The van der Waals surface area contributed by atoms with Crippen molar-refractivity contribution in [3.63, 3.8) is 0 Å². The molecule has 6 unspecified atom stereocenters. The Labute approximate surface area is 424 Å². The molecule has 6 atom stereocenters. The van der Waals surface area contributed by atoms with Crippen LogP contribution in [0.1, 0.15) is 181 Å². The number of hydrogen-bond acceptors (Lipinski definition) is 11. The summed E-state index contributed by atoms with van der Waals surface area (Å²) in [5, 5.41) is 30.8. The number of ether oxygens (including phenoxy) is 4. The molecule has 0 amide bonds. The van der Waals surface area contributed by atoms with E-state index in [-0.39, 0.29) is 19.6 Å². The molecule has 12 nitrogen and oxygen atoms in total. The van der Waals surface area contributed by atoms with Gasteiger partial charge in [-0.1, -0.05) is 181 Å². The summed E-state index contributed by atoms with van der Waals surface area (Å²) in [5.74, 6) is -0.437. The maximum Gasteiger partial charge on any atom is 0.397 e. The van der Waals surface area contributed by atoms with E-state index >= 15 is 0 Å². The molecule has 400 valence electrons. The lowest BCUT2D eigenvalue weighted by Crippen LogP contribution is -2.60. The molecule has 70 heavy (non-hydrogen) atoms. The monoisotopic (exact) mass is 1000 g/mol. The fraction of sp³-hybridized carbons (Fsp3) is 0.667. The first-order valence-corrected chi connectivity index (χ1v) is 28.0. The minimum Gasteiger partial charge on any atom is -0.457 e. The Morgan fingerprint density at radius 1 is 0.557 bits per heavy atom. The molecule has 1 fully saturated rings. The number of aliphatic hydroxyl groups excluding tert-OH is 3. The van der Waals surface area contributed by atoms with Crippen molar-refractivity contribution < 1.29 is 56.2 Å². The number of aliphatic hydroxyl groups is 3. The Kier molecular flexibility index (Phi) is 43.3. The van der Waals surface area contributed by atoms with Crippen molar-refractivity contribution in [2.75, 3.05) is 26.4 Å². The fourth-order valence-corrected chi connectivity index (χ4v) is 7.90. The lowest BCUT2D eigenvalue weighted by Gasteiger charge is -2.41. The molecule has 0 saturated carbocycles. The molecule has 4 N–H and O–H groups in total. The van der Waals surface area contributed by atoms with E-state index in [9.17, 15) is 33.1 Å². The van der Waals surface area contributed by atoms with Crippen LogP contribution in [0.5, 0.6) is 0 Å². The average molecular weight is 1000 g/mol. The highest BCUT2D eigenvalue weighted by Crippen LogP contribution is 2.26. The minimum absolute atomic E-state index is 0.0107. The summed E-state index contributed by atoms with van der Waals surface area (Å²) >= 11 is 0. The summed E-state index contributed by atoms with van der Waals surface area (Å²) in [6, 6.07) is 0. The standard InChI is InChI=1S/C57H94O12S/c1-3-5-7-9-11-13-15-17-19-21-23-24-25-26-27-28-29-30-32-34-36-38-40-42-44-46-53(59)67-51(50-66-57-55(61)56(69-70(62,63)64)54(60)52(48-58)68-57)49-65-47-45-43-41-39-37-35-33-31-22-20-18-16-14-12-10-8-6-4-2/h5,7,11-14,17-20,23-24,26-27,29-30,34,36,51-52,54-58,60-61H,3-4,6,8-10,15-16,21-22,25,28,31-33,35,37-50H2,1-2H3,(H,62,63,64)/b7-5-,13-11-,14-12-,19-17-,20-18-,24-23-,27-26-,30-29-,36-34-. The topological polar surface area (TPSA) is 178 Å². The second-order valence-corrected chi connectivity index (χ2v) is 18.8. The van der Waals surface area contributed by atoms with E-state index in [1.54, 1.807) is 0 Å². The van der Waals surface area contributed by atoms with Gasteiger partial charge in [0.2, 0.25) is 0 Å². The first-order valence-electron chi connectivity index (χ1n) is 26.6. The highest BCUT2D eigenvalue weighted by Gasteiger charge is 2.48.